The van der Waals surface area contributed by atoms with Gasteiger partial charge in [0.15, 0.2) is 0 Å². The van der Waals surface area contributed by atoms with E-state index in [1.165, 1.54) is 0 Å². The van der Waals surface area contributed by atoms with Gasteiger partial charge in [0, 0.05) is 18.3 Å². The van der Waals surface area contributed by atoms with Gasteiger partial charge in [-0.2, -0.15) is 25.3 Å². The quantitative estimate of drug-likeness (QED) is 0.347. The molecule has 0 spiro atoms. The van der Waals surface area contributed by atoms with Gasteiger partial charge in [0.05, 0.1) is 6.61 Å². The number of carbonyl (C=O) groups excluding carboxylic acids is 1. The predicted octanol–water partition coefficient (Wildman–Crippen LogP) is 2.74. The van der Waals surface area contributed by atoms with Crippen molar-refractivity contribution in [3.63, 3.8) is 0 Å². The Morgan fingerprint density at radius 3 is 2.65 bits per heavy atom. The molecule has 102 valence electrons. The molecular formula is C12H24O3S2. The van der Waals surface area contributed by atoms with E-state index >= 15 is 0 Å². The molecule has 0 aliphatic rings. The molecule has 0 aromatic rings. The Kier molecular flexibility index (Phi) is 12.7. The van der Waals surface area contributed by atoms with Crippen molar-refractivity contribution in [2.24, 2.45) is 0 Å². The van der Waals surface area contributed by atoms with Gasteiger partial charge in [0.2, 0.25) is 0 Å². The van der Waals surface area contributed by atoms with Crippen molar-refractivity contribution in [3.8, 4) is 0 Å². The Bertz CT molecular complexity index is 189. The molecule has 0 aromatic heterocycles. The first-order valence-electron chi connectivity index (χ1n) is 6.23. The van der Waals surface area contributed by atoms with Crippen LogP contribution in [0.15, 0.2) is 0 Å². The van der Waals surface area contributed by atoms with Gasteiger partial charge in [-0.1, -0.05) is 6.42 Å². The Labute approximate surface area is 115 Å². The van der Waals surface area contributed by atoms with Crippen LogP contribution in [0.3, 0.4) is 0 Å². The van der Waals surface area contributed by atoms with E-state index in [1.807, 2.05) is 6.92 Å². The zero-order chi connectivity index (χ0) is 12.9. The molecule has 1 unspecified atom stereocenters. The highest BCUT2D eigenvalue weighted by Gasteiger charge is 2.05. The molecule has 3 nitrogen and oxygen atoms in total. The second-order valence-electron chi connectivity index (χ2n) is 3.83. The molecule has 17 heavy (non-hydrogen) atoms. The topological polar surface area (TPSA) is 35.5 Å². The van der Waals surface area contributed by atoms with E-state index in [9.17, 15) is 4.79 Å². The molecule has 0 N–H and O–H groups in total. The SMILES string of the molecule is CCOCCOC(=O)CCCCC(S)CCS. The summed E-state index contributed by atoms with van der Waals surface area (Å²) in [6.45, 7) is 3.43. The van der Waals surface area contributed by atoms with Crippen molar-refractivity contribution < 1.29 is 14.3 Å². The van der Waals surface area contributed by atoms with Crippen LogP contribution in [0.5, 0.6) is 0 Å². The largest absolute Gasteiger partial charge is 0.463 e. The summed E-state index contributed by atoms with van der Waals surface area (Å²) in [5, 5.41) is 0.404. The standard InChI is InChI=1S/C12H24O3S2/c1-2-14-8-9-15-12(13)6-4-3-5-11(17)7-10-16/h11,16-17H,2-10H2,1H3. The highest BCUT2D eigenvalue weighted by molar-refractivity contribution is 7.81. The minimum atomic E-state index is -0.130. The third-order valence-corrected chi connectivity index (χ3v) is 3.10. The lowest BCUT2D eigenvalue weighted by atomic mass is 10.1. The van der Waals surface area contributed by atoms with Crippen LogP contribution in [0.4, 0.5) is 0 Å². The molecule has 0 saturated carbocycles. The Hall–Kier alpha value is 0.130. The fraction of sp³-hybridized carbons (Fsp3) is 0.917. The maximum atomic E-state index is 11.3. The minimum Gasteiger partial charge on any atom is -0.463 e. The van der Waals surface area contributed by atoms with Crippen LogP contribution >= 0.6 is 25.3 Å². The number of unbranched alkanes of at least 4 members (excludes halogenated alkanes) is 1. The van der Waals surface area contributed by atoms with Crippen LogP contribution in [0.25, 0.3) is 0 Å². The van der Waals surface area contributed by atoms with Crippen molar-refractivity contribution >= 4 is 31.2 Å². The summed E-state index contributed by atoms with van der Waals surface area (Å²) in [7, 11) is 0. The average Bonchev–Trinajstić information content (AvgIpc) is 2.31. The third kappa shape index (κ3) is 12.4. The molecule has 1 atom stereocenters. The highest BCUT2D eigenvalue weighted by atomic mass is 32.1. The normalized spacial score (nSPS) is 12.4. The maximum absolute atomic E-state index is 11.3. The van der Waals surface area contributed by atoms with Crippen LogP contribution in [-0.2, 0) is 14.3 Å². The van der Waals surface area contributed by atoms with Crippen LogP contribution in [0, 0.1) is 0 Å². The zero-order valence-electron chi connectivity index (χ0n) is 10.6. The molecule has 0 saturated heterocycles. The lowest BCUT2D eigenvalue weighted by Gasteiger charge is -2.08. The van der Waals surface area contributed by atoms with Crippen molar-refractivity contribution in [2.75, 3.05) is 25.6 Å². The van der Waals surface area contributed by atoms with Gasteiger partial charge < -0.3 is 9.47 Å². The smallest absolute Gasteiger partial charge is 0.305 e. The van der Waals surface area contributed by atoms with Gasteiger partial charge in [0.1, 0.15) is 6.61 Å². The molecule has 0 rings (SSSR count). The van der Waals surface area contributed by atoms with E-state index < -0.39 is 0 Å². The second-order valence-corrected chi connectivity index (χ2v) is 5.01. The molecule has 0 aromatic carbocycles. The van der Waals surface area contributed by atoms with E-state index in [2.05, 4.69) is 25.3 Å². The fourth-order valence-electron chi connectivity index (χ4n) is 1.37. The summed E-state index contributed by atoms with van der Waals surface area (Å²) >= 11 is 8.59. The number of hydrogen-bond donors (Lipinski definition) is 2. The lowest BCUT2D eigenvalue weighted by molar-refractivity contribution is -0.145. The van der Waals surface area contributed by atoms with Gasteiger partial charge in [-0.05, 0) is 31.9 Å². The number of esters is 1. The number of rotatable bonds is 11. The second kappa shape index (κ2) is 12.6. The highest BCUT2D eigenvalue weighted by Crippen LogP contribution is 2.12. The Balaban J connectivity index is 3.27. The summed E-state index contributed by atoms with van der Waals surface area (Å²) in [5.41, 5.74) is 0. The van der Waals surface area contributed by atoms with Crippen LogP contribution in [-0.4, -0.2) is 36.8 Å². The van der Waals surface area contributed by atoms with Crippen LogP contribution < -0.4 is 0 Å². The predicted molar refractivity (Wildman–Crippen MR) is 77.2 cm³/mol. The van der Waals surface area contributed by atoms with Gasteiger partial charge >= 0.3 is 5.97 Å². The number of ether oxygens (including phenoxy) is 2. The van der Waals surface area contributed by atoms with Crippen molar-refractivity contribution in [2.45, 2.75) is 44.3 Å². The molecule has 0 radical (unpaired) electrons. The Morgan fingerprint density at radius 1 is 1.24 bits per heavy atom. The van der Waals surface area contributed by atoms with Crippen molar-refractivity contribution in [1.29, 1.82) is 0 Å². The third-order valence-electron chi connectivity index (χ3n) is 2.33. The van der Waals surface area contributed by atoms with Crippen molar-refractivity contribution in [3.05, 3.63) is 0 Å². The summed E-state index contributed by atoms with van der Waals surface area (Å²) in [6, 6.07) is 0. The molecule has 5 heteroatoms. The summed E-state index contributed by atoms with van der Waals surface area (Å²) < 4.78 is 10.1. The first kappa shape index (κ1) is 17.1. The molecule has 0 fully saturated rings. The average molecular weight is 280 g/mol. The van der Waals surface area contributed by atoms with Crippen molar-refractivity contribution in [1.82, 2.24) is 0 Å². The fourth-order valence-corrected chi connectivity index (χ4v) is 2.20. The summed E-state index contributed by atoms with van der Waals surface area (Å²) in [4.78, 5) is 11.3. The monoisotopic (exact) mass is 280 g/mol. The number of thiol groups is 2. The van der Waals surface area contributed by atoms with E-state index in [0.29, 0.717) is 31.5 Å². The molecule has 0 aliphatic carbocycles. The zero-order valence-corrected chi connectivity index (χ0v) is 12.3. The first-order chi connectivity index (χ1) is 8.20. The Morgan fingerprint density at radius 2 is 2.00 bits per heavy atom. The van der Waals surface area contributed by atoms with E-state index in [1.54, 1.807) is 0 Å². The number of hydrogen-bond acceptors (Lipinski definition) is 5. The molecule has 0 bridgehead atoms. The molecule has 0 heterocycles. The minimum absolute atomic E-state index is 0.130. The maximum Gasteiger partial charge on any atom is 0.305 e. The van der Waals surface area contributed by atoms with Crippen LogP contribution in [0.2, 0.25) is 0 Å². The number of carbonyl (C=O) groups is 1. The summed E-state index contributed by atoms with van der Waals surface area (Å²) in [5.74, 6) is 0.739. The molecular weight excluding hydrogens is 256 g/mol. The van der Waals surface area contributed by atoms with E-state index in [0.717, 1.165) is 31.4 Å². The molecule has 0 amide bonds. The van der Waals surface area contributed by atoms with E-state index in [4.69, 9.17) is 9.47 Å². The first-order valence-corrected chi connectivity index (χ1v) is 7.37. The van der Waals surface area contributed by atoms with E-state index in [-0.39, 0.29) is 5.97 Å². The van der Waals surface area contributed by atoms with Gasteiger partial charge in [0.25, 0.3) is 0 Å². The van der Waals surface area contributed by atoms with Gasteiger partial charge in [-0.3, -0.25) is 4.79 Å². The molecule has 0 aliphatic heterocycles. The summed E-state index contributed by atoms with van der Waals surface area (Å²) in [6.07, 6.45) is 4.44. The van der Waals surface area contributed by atoms with Gasteiger partial charge in [-0.25, -0.2) is 0 Å². The van der Waals surface area contributed by atoms with Crippen LogP contribution in [0.1, 0.15) is 39.0 Å². The van der Waals surface area contributed by atoms with Gasteiger partial charge in [-0.15, -0.1) is 0 Å². The lowest BCUT2D eigenvalue weighted by Crippen LogP contribution is -2.10.